The van der Waals surface area contributed by atoms with Gasteiger partial charge in [-0.15, -0.1) is 0 Å². The van der Waals surface area contributed by atoms with Gasteiger partial charge in [0.25, 0.3) is 0 Å². The van der Waals surface area contributed by atoms with Gasteiger partial charge in [-0.3, -0.25) is 0 Å². The minimum Gasteiger partial charge on any atom is -0.339 e. The fraction of sp³-hybridized carbons (Fsp3) is 0.467. The number of benzene rings is 1. The molecular formula is C15H20FN3O. The van der Waals surface area contributed by atoms with E-state index in [4.69, 9.17) is 4.52 Å². The molecule has 0 aliphatic carbocycles. The van der Waals surface area contributed by atoms with Gasteiger partial charge in [-0.05, 0) is 24.6 Å². The first-order valence-electron chi connectivity index (χ1n) is 6.66. The van der Waals surface area contributed by atoms with Crippen molar-refractivity contribution in [2.75, 3.05) is 7.05 Å². The zero-order valence-electron chi connectivity index (χ0n) is 12.3. The lowest BCUT2D eigenvalue weighted by Gasteiger charge is -2.29. The van der Waals surface area contributed by atoms with Gasteiger partial charge in [0.2, 0.25) is 11.7 Å². The molecule has 0 aliphatic heterocycles. The average Bonchev–Trinajstić information content (AvgIpc) is 2.83. The molecule has 20 heavy (non-hydrogen) atoms. The molecule has 0 fully saturated rings. The molecule has 1 atom stereocenters. The van der Waals surface area contributed by atoms with Crippen molar-refractivity contribution in [2.24, 2.45) is 5.41 Å². The first-order valence-corrected chi connectivity index (χ1v) is 6.66. The second-order valence-electron chi connectivity index (χ2n) is 5.90. The number of nitrogens with zero attached hydrogens (tertiary/aromatic N) is 2. The van der Waals surface area contributed by atoms with Crippen LogP contribution in [0.2, 0.25) is 0 Å². The summed E-state index contributed by atoms with van der Waals surface area (Å²) in [5.74, 6) is 0.459. The van der Waals surface area contributed by atoms with Crippen molar-refractivity contribution in [3.63, 3.8) is 0 Å². The highest BCUT2D eigenvalue weighted by Gasteiger charge is 2.25. The van der Waals surface area contributed by atoms with E-state index in [0.717, 1.165) is 0 Å². The molecule has 5 heteroatoms. The minimum atomic E-state index is -0.346. The number of halogens is 1. The van der Waals surface area contributed by atoms with E-state index >= 15 is 0 Å². The standard InChI is InChI=1S/C15H20FN3O/c1-15(2,3)12(17-4)9-13-18-14(19-20-13)10-7-5-6-8-11(10)16/h5-8,12,17H,9H2,1-4H3. The summed E-state index contributed by atoms with van der Waals surface area (Å²) in [6.45, 7) is 6.42. The Morgan fingerprint density at radius 2 is 2.00 bits per heavy atom. The highest BCUT2D eigenvalue weighted by molar-refractivity contribution is 5.54. The van der Waals surface area contributed by atoms with Gasteiger partial charge in [0.1, 0.15) is 5.82 Å². The van der Waals surface area contributed by atoms with Crippen LogP contribution < -0.4 is 5.32 Å². The molecule has 1 unspecified atom stereocenters. The summed E-state index contributed by atoms with van der Waals surface area (Å²) in [7, 11) is 1.91. The van der Waals surface area contributed by atoms with Crippen molar-refractivity contribution in [2.45, 2.75) is 33.2 Å². The molecule has 1 heterocycles. The highest BCUT2D eigenvalue weighted by atomic mass is 19.1. The summed E-state index contributed by atoms with van der Waals surface area (Å²) < 4.78 is 18.9. The molecule has 0 saturated carbocycles. The summed E-state index contributed by atoms with van der Waals surface area (Å²) >= 11 is 0. The molecule has 2 aromatic rings. The smallest absolute Gasteiger partial charge is 0.228 e. The molecule has 1 aromatic heterocycles. The van der Waals surface area contributed by atoms with Crippen molar-refractivity contribution >= 4 is 0 Å². The van der Waals surface area contributed by atoms with E-state index in [1.807, 2.05) is 7.05 Å². The fourth-order valence-corrected chi connectivity index (χ4v) is 2.11. The van der Waals surface area contributed by atoms with E-state index < -0.39 is 0 Å². The lowest BCUT2D eigenvalue weighted by molar-refractivity contribution is 0.255. The Morgan fingerprint density at radius 1 is 1.30 bits per heavy atom. The average molecular weight is 277 g/mol. The first-order chi connectivity index (χ1) is 9.41. The van der Waals surface area contributed by atoms with E-state index in [9.17, 15) is 4.39 Å². The van der Waals surface area contributed by atoms with Gasteiger partial charge in [0, 0.05) is 12.5 Å². The van der Waals surface area contributed by atoms with Crippen LogP contribution in [0.15, 0.2) is 28.8 Å². The van der Waals surface area contributed by atoms with E-state index in [1.165, 1.54) is 6.07 Å². The molecule has 1 N–H and O–H groups in total. The van der Waals surface area contributed by atoms with Gasteiger partial charge >= 0.3 is 0 Å². The van der Waals surface area contributed by atoms with Crippen molar-refractivity contribution in [3.8, 4) is 11.4 Å². The first kappa shape index (κ1) is 14.7. The Labute approximate surface area is 118 Å². The Morgan fingerprint density at radius 3 is 2.60 bits per heavy atom. The number of rotatable bonds is 4. The number of likely N-dealkylation sites (N-methyl/N-ethyl adjacent to an activating group) is 1. The SMILES string of the molecule is CNC(Cc1nc(-c2ccccc2F)no1)C(C)(C)C. The van der Waals surface area contributed by atoms with E-state index in [1.54, 1.807) is 18.2 Å². The topological polar surface area (TPSA) is 51.0 Å². The summed E-state index contributed by atoms with van der Waals surface area (Å²) in [4.78, 5) is 4.28. The largest absolute Gasteiger partial charge is 0.339 e. The quantitative estimate of drug-likeness (QED) is 0.933. The third-order valence-electron chi connectivity index (χ3n) is 3.36. The molecule has 0 saturated heterocycles. The van der Waals surface area contributed by atoms with Crippen LogP contribution in [0.4, 0.5) is 4.39 Å². The number of hydrogen-bond acceptors (Lipinski definition) is 4. The molecule has 0 radical (unpaired) electrons. The lowest BCUT2D eigenvalue weighted by Crippen LogP contribution is -2.39. The summed E-state index contributed by atoms with van der Waals surface area (Å²) in [5.41, 5.74) is 0.431. The van der Waals surface area contributed by atoms with Crippen LogP contribution in [0, 0.1) is 11.2 Å². The van der Waals surface area contributed by atoms with E-state index in [2.05, 4.69) is 36.2 Å². The van der Waals surface area contributed by atoms with Crippen LogP contribution >= 0.6 is 0 Å². The van der Waals surface area contributed by atoms with Gasteiger partial charge in [0.05, 0.1) is 5.56 Å². The number of hydrogen-bond donors (Lipinski definition) is 1. The van der Waals surface area contributed by atoms with Gasteiger partial charge in [-0.25, -0.2) is 4.39 Å². The van der Waals surface area contributed by atoms with Crippen LogP contribution in [0.25, 0.3) is 11.4 Å². The van der Waals surface area contributed by atoms with Crippen LogP contribution in [-0.4, -0.2) is 23.2 Å². The number of aromatic nitrogens is 2. The second-order valence-corrected chi connectivity index (χ2v) is 5.90. The van der Waals surface area contributed by atoms with Crippen LogP contribution in [0.3, 0.4) is 0 Å². The maximum absolute atomic E-state index is 13.7. The fourth-order valence-electron chi connectivity index (χ4n) is 2.11. The Hall–Kier alpha value is -1.75. The Bertz CT molecular complexity index is 574. The van der Waals surface area contributed by atoms with Gasteiger partial charge < -0.3 is 9.84 Å². The molecule has 1 aromatic carbocycles. The molecule has 0 aliphatic rings. The maximum atomic E-state index is 13.7. The molecule has 4 nitrogen and oxygen atoms in total. The minimum absolute atomic E-state index is 0.0708. The van der Waals surface area contributed by atoms with Gasteiger partial charge in [-0.2, -0.15) is 4.98 Å². The molecule has 108 valence electrons. The second kappa shape index (κ2) is 5.71. The van der Waals surface area contributed by atoms with Crippen molar-refractivity contribution in [1.82, 2.24) is 15.5 Å². The van der Waals surface area contributed by atoms with Gasteiger partial charge in [0.15, 0.2) is 0 Å². The summed E-state index contributed by atoms with van der Waals surface area (Å²) in [6, 6.07) is 6.62. The van der Waals surface area contributed by atoms with Crippen molar-refractivity contribution in [1.29, 1.82) is 0 Å². The van der Waals surface area contributed by atoms with Crippen molar-refractivity contribution in [3.05, 3.63) is 36.0 Å². The zero-order valence-corrected chi connectivity index (χ0v) is 12.3. The predicted octanol–water partition coefficient (Wildman–Crippen LogP) is 3.05. The third kappa shape index (κ3) is 3.22. The molecule has 0 spiro atoms. The van der Waals surface area contributed by atoms with Gasteiger partial charge in [-0.1, -0.05) is 38.1 Å². The van der Waals surface area contributed by atoms with E-state index in [-0.39, 0.29) is 17.3 Å². The normalized spacial score (nSPS) is 13.4. The molecular weight excluding hydrogens is 257 g/mol. The van der Waals surface area contributed by atoms with Crippen LogP contribution in [-0.2, 0) is 6.42 Å². The summed E-state index contributed by atoms with van der Waals surface area (Å²) in [5, 5.41) is 7.11. The predicted molar refractivity (Wildman–Crippen MR) is 75.7 cm³/mol. The van der Waals surface area contributed by atoms with E-state index in [0.29, 0.717) is 23.7 Å². The lowest BCUT2D eigenvalue weighted by atomic mass is 9.85. The molecule has 0 bridgehead atoms. The van der Waals surface area contributed by atoms with Crippen LogP contribution in [0.5, 0.6) is 0 Å². The maximum Gasteiger partial charge on any atom is 0.228 e. The summed E-state index contributed by atoms with van der Waals surface area (Å²) in [6.07, 6.45) is 0.613. The molecule has 0 amide bonds. The Balaban J connectivity index is 2.20. The number of nitrogens with one attached hydrogen (secondary N) is 1. The van der Waals surface area contributed by atoms with Crippen molar-refractivity contribution < 1.29 is 8.91 Å². The molecule has 2 rings (SSSR count). The Kier molecular flexibility index (Phi) is 4.18. The highest BCUT2D eigenvalue weighted by Crippen LogP contribution is 2.24. The zero-order chi connectivity index (χ0) is 14.8. The van der Waals surface area contributed by atoms with Crippen LogP contribution in [0.1, 0.15) is 26.7 Å². The third-order valence-corrected chi connectivity index (χ3v) is 3.36. The monoisotopic (exact) mass is 277 g/mol.